The number of carbonyl (C=O) groups is 1. The van der Waals surface area contributed by atoms with Gasteiger partial charge >= 0.3 is 5.97 Å². The van der Waals surface area contributed by atoms with Gasteiger partial charge in [0.1, 0.15) is 18.3 Å². The Balaban J connectivity index is 0.000000638. The van der Waals surface area contributed by atoms with E-state index in [1.54, 1.807) is 21.1 Å². The lowest BCUT2D eigenvalue weighted by Gasteiger charge is -2.44. The normalized spacial score (nSPS) is 42.5. The molecule has 13 unspecified atom stereocenters. The van der Waals surface area contributed by atoms with Gasteiger partial charge in [0.15, 0.2) is 12.6 Å². The molecule has 0 aromatic carbocycles. The SMILES string of the molecule is CC.CCC1OC(=O)CCC(C)C(OC2OC(C)CCC2O)C(O)CC(C)CN(C)CCC1(C)O.COC1C(C)OC(O)CC1(C)OC. The first-order chi connectivity index (χ1) is 22.5. The minimum absolute atomic E-state index is 0.0190. The third kappa shape index (κ3) is 14.0. The van der Waals surface area contributed by atoms with E-state index in [4.69, 9.17) is 28.4 Å². The van der Waals surface area contributed by atoms with Gasteiger partial charge < -0.3 is 53.7 Å². The Morgan fingerprint density at radius 2 is 1.62 bits per heavy atom. The lowest BCUT2D eigenvalue weighted by Crippen LogP contribution is -2.56. The number of carbonyl (C=O) groups excluding carboxylic acids is 1. The van der Waals surface area contributed by atoms with Crippen LogP contribution in [-0.2, 0) is 33.2 Å². The van der Waals surface area contributed by atoms with Gasteiger partial charge in [-0.3, -0.25) is 4.79 Å². The van der Waals surface area contributed by atoms with Crippen molar-refractivity contribution in [3.05, 3.63) is 0 Å². The third-order valence-electron chi connectivity index (χ3n) is 9.89. The molecular weight excluding hydrogens is 622 g/mol. The number of hydrogen-bond acceptors (Lipinski definition) is 12. The van der Waals surface area contributed by atoms with Gasteiger partial charge in [0.05, 0.1) is 35.6 Å². The molecule has 0 amide bonds. The van der Waals surface area contributed by atoms with Crippen LogP contribution in [0.5, 0.6) is 0 Å². The fraction of sp³-hybridized carbons (Fsp3) is 0.972. The van der Waals surface area contributed by atoms with Crippen molar-refractivity contribution in [2.24, 2.45) is 11.8 Å². The van der Waals surface area contributed by atoms with Crippen molar-refractivity contribution in [1.29, 1.82) is 0 Å². The lowest BCUT2D eigenvalue weighted by atomic mass is 9.88. The fourth-order valence-corrected chi connectivity index (χ4v) is 6.98. The first-order valence-corrected chi connectivity index (χ1v) is 18.1. The van der Waals surface area contributed by atoms with E-state index in [1.807, 2.05) is 55.5 Å². The average Bonchev–Trinajstić information content (AvgIpc) is 3.02. The highest BCUT2D eigenvalue weighted by Gasteiger charge is 2.45. The number of nitrogens with zero attached hydrogens (tertiary/aromatic N) is 1. The summed E-state index contributed by atoms with van der Waals surface area (Å²) in [7, 11) is 5.24. The van der Waals surface area contributed by atoms with Crippen molar-refractivity contribution in [3.8, 4) is 0 Å². The summed E-state index contributed by atoms with van der Waals surface area (Å²) in [5.74, 6) is -0.327. The highest BCUT2D eigenvalue weighted by Crippen LogP contribution is 2.33. The van der Waals surface area contributed by atoms with Crippen molar-refractivity contribution in [2.45, 2.75) is 180 Å². The molecule has 12 heteroatoms. The fourth-order valence-electron chi connectivity index (χ4n) is 6.98. The van der Waals surface area contributed by atoms with Crippen LogP contribution in [0.15, 0.2) is 0 Å². The van der Waals surface area contributed by atoms with Gasteiger partial charge in [0.25, 0.3) is 0 Å². The molecule has 0 aromatic heterocycles. The molecule has 12 nitrogen and oxygen atoms in total. The van der Waals surface area contributed by atoms with Crippen LogP contribution < -0.4 is 0 Å². The molecule has 3 heterocycles. The van der Waals surface area contributed by atoms with Crippen LogP contribution in [0.4, 0.5) is 0 Å². The zero-order chi connectivity index (χ0) is 36.8. The maximum atomic E-state index is 12.6. The summed E-state index contributed by atoms with van der Waals surface area (Å²) in [5.41, 5.74) is -1.57. The molecule has 48 heavy (non-hydrogen) atoms. The Kier molecular flexibility index (Phi) is 20.1. The van der Waals surface area contributed by atoms with Gasteiger partial charge in [-0.15, -0.1) is 0 Å². The molecular formula is C36H71NO11. The number of aliphatic hydroxyl groups is 4. The molecule has 0 bridgehead atoms. The highest BCUT2D eigenvalue weighted by molar-refractivity contribution is 5.69. The van der Waals surface area contributed by atoms with Gasteiger partial charge in [-0.2, -0.15) is 0 Å². The van der Waals surface area contributed by atoms with Gasteiger partial charge in [-0.1, -0.05) is 34.6 Å². The zero-order valence-corrected chi connectivity index (χ0v) is 32.0. The van der Waals surface area contributed by atoms with Crippen LogP contribution in [0.25, 0.3) is 0 Å². The Morgan fingerprint density at radius 3 is 2.21 bits per heavy atom. The molecule has 0 radical (unpaired) electrons. The number of rotatable bonds is 5. The summed E-state index contributed by atoms with van der Waals surface area (Å²) >= 11 is 0. The molecule has 3 saturated heterocycles. The van der Waals surface area contributed by atoms with Gasteiger partial charge in [-0.05, 0) is 85.1 Å². The molecule has 3 aliphatic heterocycles. The van der Waals surface area contributed by atoms with Crippen LogP contribution in [-0.4, -0.2) is 132 Å². The molecule has 0 spiro atoms. The average molecular weight is 694 g/mol. The van der Waals surface area contributed by atoms with E-state index in [0.29, 0.717) is 45.1 Å². The van der Waals surface area contributed by atoms with E-state index in [-0.39, 0.29) is 42.5 Å². The summed E-state index contributed by atoms with van der Waals surface area (Å²) in [6.45, 7) is 18.8. The van der Waals surface area contributed by atoms with Crippen molar-refractivity contribution < 1.29 is 53.6 Å². The monoisotopic (exact) mass is 694 g/mol. The first kappa shape index (κ1) is 45.1. The van der Waals surface area contributed by atoms with E-state index >= 15 is 0 Å². The Morgan fingerprint density at radius 1 is 0.979 bits per heavy atom. The highest BCUT2D eigenvalue weighted by atomic mass is 16.7. The van der Waals surface area contributed by atoms with Gasteiger partial charge in [-0.25, -0.2) is 0 Å². The van der Waals surface area contributed by atoms with Crippen LogP contribution in [0, 0.1) is 11.8 Å². The quantitative estimate of drug-likeness (QED) is 0.307. The van der Waals surface area contributed by atoms with E-state index in [2.05, 4.69) is 11.8 Å². The van der Waals surface area contributed by atoms with E-state index < -0.39 is 48.2 Å². The standard InChI is InChI=1S/C25H47NO7.C9H18O4.C2H6/c1-7-21-25(5,30)12-13-26(6)15-16(2)14-20(28)23(17(3)8-11-22(29)32-21)33-24-19(27)10-9-18(4)31-24;1-6-8(11-3)9(2,12-4)5-7(10)13-6;1-2/h16-21,23-24,27-28,30H,7-15H2,1-6H3;6-8,10H,5H2,1-4H3;1-2H3. The smallest absolute Gasteiger partial charge is 0.306 e. The second kappa shape index (κ2) is 21.4. The molecule has 13 atom stereocenters. The number of ether oxygens (including phenoxy) is 6. The molecule has 286 valence electrons. The summed E-state index contributed by atoms with van der Waals surface area (Å²) in [5, 5.41) is 41.9. The lowest BCUT2D eigenvalue weighted by molar-refractivity contribution is -0.272. The topological polar surface area (TPSA) is 157 Å². The van der Waals surface area contributed by atoms with Gasteiger partial charge in [0, 0.05) is 40.2 Å². The number of esters is 1. The number of cyclic esters (lactones) is 1. The number of aliphatic hydroxyl groups excluding tert-OH is 3. The van der Waals surface area contributed by atoms with E-state index in [9.17, 15) is 25.2 Å². The molecule has 0 saturated carbocycles. The largest absolute Gasteiger partial charge is 0.459 e. The van der Waals surface area contributed by atoms with Gasteiger partial charge in [0.2, 0.25) is 0 Å². The third-order valence-corrected chi connectivity index (χ3v) is 9.89. The predicted octanol–water partition coefficient (Wildman–Crippen LogP) is 4.03. The van der Waals surface area contributed by atoms with Crippen molar-refractivity contribution >= 4 is 5.97 Å². The summed E-state index contributed by atoms with van der Waals surface area (Å²) < 4.78 is 33.6. The van der Waals surface area contributed by atoms with Crippen LogP contribution >= 0.6 is 0 Å². The Hall–Kier alpha value is -0.930. The Bertz CT molecular complexity index is 894. The maximum Gasteiger partial charge on any atom is 0.306 e. The minimum atomic E-state index is -1.11. The second-order valence-corrected chi connectivity index (χ2v) is 14.4. The second-order valence-electron chi connectivity index (χ2n) is 14.4. The zero-order valence-electron chi connectivity index (χ0n) is 32.0. The Labute approximate surface area is 290 Å². The molecule has 0 aromatic rings. The minimum Gasteiger partial charge on any atom is -0.459 e. The maximum absolute atomic E-state index is 12.6. The first-order valence-electron chi connectivity index (χ1n) is 18.1. The van der Waals surface area contributed by atoms with Crippen molar-refractivity contribution in [1.82, 2.24) is 4.90 Å². The molecule has 3 rings (SSSR count). The predicted molar refractivity (Wildman–Crippen MR) is 184 cm³/mol. The molecule has 3 fully saturated rings. The number of methoxy groups -OCH3 is 2. The summed E-state index contributed by atoms with van der Waals surface area (Å²) in [6.07, 6.45) is -0.530. The van der Waals surface area contributed by atoms with E-state index in [0.717, 1.165) is 13.0 Å². The van der Waals surface area contributed by atoms with E-state index in [1.165, 1.54) is 0 Å². The van der Waals surface area contributed by atoms with Crippen LogP contribution in [0.2, 0.25) is 0 Å². The summed E-state index contributed by atoms with van der Waals surface area (Å²) in [6, 6.07) is 0. The molecule has 3 aliphatic rings. The van der Waals surface area contributed by atoms with Crippen molar-refractivity contribution in [2.75, 3.05) is 34.4 Å². The van der Waals surface area contributed by atoms with Crippen LogP contribution in [0.1, 0.15) is 114 Å². The van der Waals surface area contributed by atoms with Crippen LogP contribution in [0.3, 0.4) is 0 Å². The number of hydrogen-bond donors (Lipinski definition) is 4. The van der Waals surface area contributed by atoms with Crippen molar-refractivity contribution in [3.63, 3.8) is 0 Å². The molecule has 4 N–H and O–H groups in total. The summed E-state index contributed by atoms with van der Waals surface area (Å²) in [4.78, 5) is 14.7. The molecule has 0 aliphatic carbocycles.